The molecule has 0 aliphatic rings. The van der Waals surface area contributed by atoms with E-state index in [4.69, 9.17) is 14.6 Å². The number of hydrogen-bond donors (Lipinski definition) is 1. The third-order valence-corrected chi connectivity index (χ3v) is 3.46. The van der Waals surface area contributed by atoms with Crippen LogP contribution in [-0.4, -0.2) is 23.7 Å². The SMILES string of the molecule is C=CCOc1ccc(C(=O)Oc2ccccc2C(=O)O)cc1Br. The number of hydrogen-bond acceptors (Lipinski definition) is 4. The molecule has 0 bridgehead atoms. The van der Waals surface area contributed by atoms with Crippen molar-refractivity contribution in [3.8, 4) is 11.5 Å². The number of para-hydroxylation sites is 1. The van der Waals surface area contributed by atoms with Crippen molar-refractivity contribution in [1.82, 2.24) is 0 Å². The second-order valence-corrected chi connectivity index (χ2v) is 5.29. The van der Waals surface area contributed by atoms with E-state index in [1.165, 1.54) is 18.2 Å². The first kappa shape index (κ1) is 16.8. The summed E-state index contributed by atoms with van der Waals surface area (Å²) in [5.74, 6) is -1.27. The predicted octanol–water partition coefficient (Wildman–Crippen LogP) is 3.93. The average molecular weight is 377 g/mol. The lowest BCUT2D eigenvalue weighted by Gasteiger charge is -2.09. The number of esters is 1. The van der Waals surface area contributed by atoms with Gasteiger partial charge in [-0.1, -0.05) is 24.8 Å². The van der Waals surface area contributed by atoms with Crippen molar-refractivity contribution < 1.29 is 24.2 Å². The van der Waals surface area contributed by atoms with Crippen molar-refractivity contribution in [2.45, 2.75) is 0 Å². The summed E-state index contributed by atoms with van der Waals surface area (Å²) in [6.45, 7) is 3.90. The van der Waals surface area contributed by atoms with Crippen molar-refractivity contribution in [2.75, 3.05) is 6.61 Å². The Morgan fingerprint density at radius 3 is 2.57 bits per heavy atom. The van der Waals surface area contributed by atoms with Crippen molar-refractivity contribution in [3.05, 3.63) is 70.7 Å². The van der Waals surface area contributed by atoms with E-state index in [1.807, 2.05) is 0 Å². The van der Waals surface area contributed by atoms with Crippen LogP contribution in [0.1, 0.15) is 20.7 Å². The molecule has 0 saturated heterocycles. The molecule has 0 fully saturated rings. The van der Waals surface area contributed by atoms with E-state index in [9.17, 15) is 9.59 Å². The third-order valence-electron chi connectivity index (χ3n) is 2.84. The van der Waals surface area contributed by atoms with Crippen LogP contribution in [0.4, 0.5) is 0 Å². The average Bonchev–Trinajstić information content (AvgIpc) is 2.54. The predicted molar refractivity (Wildman–Crippen MR) is 88.2 cm³/mol. The third kappa shape index (κ3) is 4.20. The highest BCUT2D eigenvalue weighted by Crippen LogP contribution is 2.27. The van der Waals surface area contributed by atoms with E-state index >= 15 is 0 Å². The summed E-state index contributed by atoms with van der Waals surface area (Å²) in [6, 6.07) is 10.7. The summed E-state index contributed by atoms with van der Waals surface area (Å²) >= 11 is 3.31. The van der Waals surface area contributed by atoms with Crippen LogP contribution >= 0.6 is 15.9 Å². The molecule has 2 rings (SSSR count). The number of carbonyl (C=O) groups excluding carboxylic acids is 1. The van der Waals surface area contributed by atoms with E-state index in [1.54, 1.807) is 30.3 Å². The Hall–Kier alpha value is -2.60. The molecule has 6 heteroatoms. The zero-order chi connectivity index (χ0) is 16.8. The maximum Gasteiger partial charge on any atom is 0.343 e. The zero-order valence-electron chi connectivity index (χ0n) is 12.0. The smallest absolute Gasteiger partial charge is 0.343 e. The lowest BCUT2D eigenvalue weighted by molar-refractivity contribution is 0.0681. The molecule has 1 N–H and O–H groups in total. The largest absolute Gasteiger partial charge is 0.488 e. The van der Waals surface area contributed by atoms with Gasteiger partial charge < -0.3 is 14.6 Å². The zero-order valence-corrected chi connectivity index (χ0v) is 13.6. The van der Waals surface area contributed by atoms with Gasteiger partial charge in [0, 0.05) is 0 Å². The number of carboxylic acid groups (broad SMARTS) is 1. The van der Waals surface area contributed by atoms with Crippen LogP contribution in [0.15, 0.2) is 59.6 Å². The molecule has 0 radical (unpaired) electrons. The molecule has 0 aliphatic heterocycles. The Morgan fingerprint density at radius 2 is 1.91 bits per heavy atom. The van der Waals surface area contributed by atoms with E-state index < -0.39 is 11.9 Å². The quantitative estimate of drug-likeness (QED) is 0.469. The first-order valence-electron chi connectivity index (χ1n) is 6.60. The normalized spacial score (nSPS) is 9.96. The molecule has 5 nitrogen and oxygen atoms in total. The Labute approximate surface area is 141 Å². The van der Waals surface area contributed by atoms with Gasteiger partial charge in [-0.25, -0.2) is 9.59 Å². The molecular formula is C17H13BrO5. The van der Waals surface area contributed by atoms with E-state index in [0.717, 1.165) is 0 Å². The standard InChI is InChI=1S/C17H13BrO5/c1-2-9-22-15-8-7-11(10-13(15)18)17(21)23-14-6-4-3-5-12(14)16(19)20/h2-8,10H,1,9H2,(H,19,20). The number of ether oxygens (including phenoxy) is 2. The number of aromatic carboxylic acids is 1. The molecule has 23 heavy (non-hydrogen) atoms. The molecule has 0 atom stereocenters. The number of carboxylic acids is 1. The molecule has 2 aromatic carbocycles. The fourth-order valence-electron chi connectivity index (χ4n) is 1.78. The summed E-state index contributed by atoms with van der Waals surface area (Å²) in [4.78, 5) is 23.3. The lowest BCUT2D eigenvalue weighted by atomic mass is 10.2. The molecule has 0 saturated carbocycles. The lowest BCUT2D eigenvalue weighted by Crippen LogP contribution is -2.11. The van der Waals surface area contributed by atoms with Gasteiger partial charge in [0.2, 0.25) is 0 Å². The molecular weight excluding hydrogens is 364 g/mol. The summed E-state index contributed by atoms with van der Waals surface area (Å²) in [5.41, 5.74) is 0.189. The number of benzene rings is 2. The molecule has 0 unspecified atom stereocenters. The first-order chi connectivity index (χ1) is 11.0. The monoisotopic (exact) mass is 376 g/mol. The maximum absolute atomic E-state index is 12.2. The van der Waals surface area contributed by atoms with Crippen LogP contribution in [0, 0.1) is 0 Å². The molecule has 0 aliphatic carbocycles. The van der Waals surface area contributed by atoms with Crippen LogP contribution in [0.5, 0.6) is 11.5 Å². The Bertz CT molecular complexity index is 754. The topological polar surface area (TPSA) is 72.8 Å². The van der Waals surface area contributed by atoms with Gasteiger partial charge in [0.15, 0.2) is 0 Å². The van der Waals surface area contributed by atoms with Crippen molar-refractivity contribution in [3.63, 3.8) is 0 Å². The molecule has 0 spiro atoms. The summed E-state index contributed by atoms with van der Waals surface area (Å²) in [5, 5.41) is 9.09. The summed E-state index contributed by atoms with van der Waals surface area (Å²) in [6.07, 6.45) is 1.61. The molecule has 0 aromatic heterocycles. The van der Waals surface area contributed by atoms with Gasteiger partial charge >= 0.3 is 11.9 Å². The Morgan fingerprint density at radius 1 is 1.17 bits per heavy atom. The van der Waals surface area contributed by atoms with Crippen molar-refractivity contribution in [1.29, 1.82) is 0 Å². The van der Waals surface area contributed by atoms with Crippen molar-refractivity contribution in [2.24, 2.45) is 0 Å². The minimum atomic E-state index is -1.16. The minimum absolute atomic E-state index is 0.00638. The molecule has 2 aromatic rings. The Kier molecular flexibility index (Phi) is 5.54. The summed E-state index contributed by atoms with van der Waals surface area (Å²) < 4.78 is 11.1. The van der Waals surface area contributed by atoms with Gasteiger partial charge in [0.05, 0.1) is 10.0 Å². The molecule has 118 valence electrons. The molecule has 0 heterocycles. The van der Waals surface area contributed by atoms with Crippen LogP contribution in [0.25, 0.3) is 0 Å². The maximum atomic E-state index is 12.2. The van der Waals surface area contributed by atoms with Crippen LogP contribution in [0.2, 0.25) is 0 Å². The van der Waals surface area contributed by atoms with Gasteiger partial charge in [-0.05, 0) is 46.3 Å². The highest BCUT2D eigenvalue weighted by molar-refractivity contribution is 9.10. The highest BCUT2D eigenvalue weighted by atomic mass is 79.9. The minimum Gasteiger partial charge on any atom is -0.488 e. The second kappa shape index (κ2) is 7.60. The van der Waals surface area contributed by atoms with Crippen molar-refractivity contribution >= 4 is 27.9 Å². The van der Waals surface area contributed by atoms with Gasteiger partial charge in [0.1, 0.15) is 23.7 Å². The van der Waals surface area contributed by atoms with E-state index in [-0.39, 0.29) is 16.9 Å². The van der Waals surface area contributed by atoms with Gasteiger partial charge in [-0.3, -0.25) is 0 Å². The van der Waals surface area contributed by atoms with Crippen LogP contribution < -0.4 is 9.47 Å². The number of rotatable bonds is 6. The number of carbonyl (C=O) groups is 2. The number of halogens is 1. The highest BCUT2D eigenvalue weighted by Gasteiger charge is 2.16. The van der Waals surface area contributed by atoms with Crippen LogP contribution in [-0.2, 0) is 0 Å². The fourth-order valence-corrected chi connectivity index (χ4v) is 2.28. The van der Waals surface area contributed by atoms with E-state index in [0.29, 0.717) is 16.8 Å². The van der Waals surface area contributed by atoms with Gasteiger partial charge in [0.25, 0.3) is 0 Å². The Balaban J connectivity index is 2.20. The van der Waals surface area contributed by atoms with Crippen LogP contribution in [0.3, 0.4) is 0 Å². The van der Waals surface area contributed by atoms with E-state index in [2.05, 4.69) is 22.5 Å². The fraction of sp³-hybridized carbons (Fsp3) is 0.0588. The van der Waals surface area contributed by atoms with Gasteiger partial charge in [-0.2, -0.15) is 0 Å². The summed E-state index contributed by atoms with van der Waals surface area (Å²) in [7, 11) is 0. The molecule has 0 amide bonds. The second-order valence-electron chi connectivity index (χ2n) is 4.44. The first-order valence-corrected chi connectivity index (χ1v) is 7.40. The van der Waals surface area contributed by atoms with Gasteiger partial charge in [-0.15, -0.1) is 0 Å².